The Kier molecular flexibility index (Phi) is 10.8. The highest BCUT2D eigenvalue weighted by molar-refractivity contribution is 8.03. The third-order valence-corrected chi connectivity index (χ3v) is 10.7. The molecule has 0 radical (unpaired) electrons. The predicted molar refractivity (Wildman–Crippen MR) is 178 cm³/mol. The van der Waals surface area contributed by atoms with Crippen LogP contribution in [0, 0.1) is 32.1 Å². The number of likely N-dealkylation sites (tertiary alicyclic amines) is 1. The molecule has 17 heteroatoms. The fraction of sp³-hybridized carbons (Fsp3) is 0.455. The van der Waals surface area contributed by atoms with Gasteiger partial charge in [-0.05, 0) is 55.2 Å². The van der Waals surface area contributed by atoms with E-state index in [0.717, 1.165) is 0 Å². The molecule has 0 aliphatic carbocycles. The van der Waals surface area contributed by atoms with E-state index in [0.29, 0.717) is 28.9 Å². The number of piperidine rings is 1. The second-order valence-electron chi connectivity index (χ2n) is 12.7. The van der Waals surface area contributed by atoms with Crippen LogP contribution in [-0.4, -0.2) is 97.6 Å². The normalized spacial score (nSPS) is 23.5. The van der Waals surface area contributed by atoms with E-state index in [9.17, 15) is 44.5 Å². The zero-order chi connectivity index (χ0) is 36.4. The Labute approximate surface area is 291 Å². The smallest absolute Gasteiger partial charge is 0.410 e. The minimum absolute atomic E-state index is 0.0510. The summed E-state index contributed by atoms with van der Waals surface area (Å²) in [6.07, 6.45) is -0.925. The number of nitro benzene ring substituents is 2. The summed E-state index contributed by atoms with van der Waals surface area (Å²) in [5.74, 6) is -2.55. The lowest BCUT2D eigenvalue weighted by atomic mass is 9.79. The number of amides is 3. The van der Waals surface area contributed by atoms with Crippen molar-refractivity contribution in [3.05, 3.63) is 90.5 Å². The van der Waals surface area contributed by atoms with Gasteiger partial charge >= 0.3 is 12.1 Å². The largest absolute Gasteiger partial charge is 0.456 e. The van der Waals surface area contributed by atoms with Crippen LogP contribution in [0.5, 0.6) is 0 Å². The number of non-ortho nitro benzene ring substituents is 2. The van der Waals surface area contributed by atoms with Gasteiger partial charge in [-0.15, -0.1) is 11.8 Å². The molecule has 3 aliphatic heterocycles. The number of hydrogen-bond donors (Lipinski definition) is 1. The van der Waals surface area contributed by atoms with Crippen LogP contribution in [0.3, 0.4) is 0 Å². The minimum Gasteiger partial charge on any atom is -0.456 e. The summed E-state index contributed by atoms with van der Waals surface area (Å²) in [6, 6.07) is 9.79. The fourth-order valence-corrected chi connectivity index (χ4v) is 8.01. The lowest BCUT2D eigenvalue weighted by Gasteiger charge is -2.46. The van der Waals surface area contributed by atoms with Gasteiger partial charge in [0, 0.05) is 61.0 Å². The average molecular weight is 712 g/mol. The Bertz CT molecular complexity index is 1710. The molecule has 3 aliphatic rings. The molecule has 266 valence electrons. The lowest BCUT2D eigenvalue weighted by Crippen LogP contribution is -2.63. The summed E-state index contributed by atoms with van der Waals surface area (Å²) in [5.41, 5.74) is 0.852. The molecule has 2 aromatic rings. The third-order valence-electron chi connectivity index (χ3n) is 9.12. The van der Waals surface area contributed by atoms with Crippen molar-refractivity contribution in [2.75, 3.05) is 20.6 Å². The highest BCUT2D eigenvalue weighted by Crippen LogP contribution is 2.52. The van der Waals surface area contributed by atoms with Crippen LogP contribution >= 0.6 is 11.8 Å². The van der Waals surface area contributed by atoms with E-state index in [1.807, 2.05) is 6.92 Å². The van der Waals surface area contributed by atoms with Crippen molar-refractivity contribution in [3.8, 4) is 0 Å². The van der Waals surface area contributed by atoms with E-state index < -0.39 is 51.9 Å². The number of ether oxygens (including phenoxy) is 2. The van der Waals surface area contributed by atoms with Crippen LogP contribution in [0.15, 0.2) is 59.1 Å². The van der Waals surface area contributed by atoms with Crippen LogP contribution in [0.25, 0.3) is 0 Å². The zero-order valence-electron chi connectivity index (χ0n) is 27.8. The number of carbonyl (C=O) groups excluding carboxylic acids is 4. The van der Waals surface area contributed by atoms with Crippen molar-refractivity contribution >= 4 is 47.0 Å². The van der Waals surface area contributed by atoms with Gasteiger partial charge in [0.15, 0.2) is 0 Å². The van der Waals surface area contributed by atoms with Crippen LogP contribution < -0.4 is 0 Å². The number of aliphatic hydroxyl groups is 1. The lowest BCUT2D eigenvalue weighted by molar-refractivity contribution is -0.385. The molecule has 0 spiro atoms. The number of aliphatic hydroxyl groups excluding tert-OH is 1. The van der Waals surface area contributed by atoms with Crippen molar-refractivity contribution in [2.45, 2.75) is 63.3 Å². The molecule has 2 aromatic carbocycles. The number of β-lactam (4-membered cyclic amide) rings is 1. The van der Waals surface area contributed by atoms with Crippen molar-refractivity contribution in [3.63, 3.8) is 0 Å². The van der Waals surface area contributed by atoms with Crippen LogP contribution in [0.1, 0.15) is 37.8 Å². The summed E-state index contributed by atoms with van der Waals surface area (Å²) in [7, 11) is 3.17. The molecule has 3 heterocycles. The summed E-state index contributed by atoms with van der Waals surface area (Å²) < 4.78 is 11.1. The number of rotatable bonds is 11. The maximum absolute atomic E-state index is 13.6. The number of benzene rings is 2. The van der Waals surface area contributed by atoms with Crippen molar-refractivity contribution in [1.82, 2.24) is 14.7 Å². The highest BCUT2D eigenvalue weighted by Gasteiger charge is 2.60. The molecule has 0 aromatic heterocycles. The maximum atomic E-state index is 13.6. The third kappa shape index (κ3) is 7.28. The summed E-state index contributed by atoms with van der Waals surface area (Å²) in [6.45, 7) is 3.07. The molecule has 16 nitrogen and oxygen atoms in total. The summed E-state index contributed by atoms with van der Waals surface area (Å²) in [4.78, 5) is 79.1. The first-order valence-electron chi connectivity index (χ1n) is 15.9. The fourth-order valence-electron chi connectivity index (χ4n) is 6.51. The van der Waals surface area contributed by atoms with Gasteiger partial charge in [-0.2, -0.15) is 0 Å². The molecule has 5 rings (SSSR count). The van der Waals surface area contributed by atoms with E-state index in [1.165, 1.54) is 81.9 Å². The van der Waals surface area contributed by atoms with E-state index in [1.54, 1.807) is 14.1 Å². The number of thioether (sulfide) groups is 1. The van der Waals surface area contributed by atoms with Gasteiger partial charge < -0.3 is 24.4 Å². The van der Waals surface area contributed by atoms with Gasteiger partial charge in [-0.25, -0.2) is 9.59 Å². The number of nitrogens with zero attached hydrogens (tertiary/aromatic N) is 5. The Hall–Kier alpha value is -5.03. The van der Waals surface area contributed by atoms with Crippen LogP contribution in [0.4, 0.5) is 16.2 Å². The van der Waals surface area contributed by atoms with Crippen LogP contribution in [0.2, 0.25) is 0 Å². The predicted octanol–water partition coefficient (Wildman–Crippen LogP) is 3.61. The Morgan fingerprint density at radius 2 is 1.50 bits per heavy atom. The zero-order valence-corrected chi connectivity index (χ0v) is 28.6. The molecule has 2 fully saturated rings. The number of esters is 1. The first-order chi connectivity index (χ1) is 23.7. The molecule has 2 saturated heterocycles. The monoisotopic (exact) mass is 711 g/mol. The van der Waals surface area contributed by atoms with Gasteiger partial charge in [-0.3, -0.25) is 34.7 Å². The summed E-state index contributed by atoms with van der Waals surface area (Å²) in [5, 5.41) is 32.1. The van der Waals surface area contributed by atoms with Gasteiger partial charge in [-0.1, -0.05) is 6.92 Å². The Balaban J connectivity index is 1.36. The van der Waals surface area contributed by atoms with E-state index in [4.69, 9.17) is 9.47 Å². The van der Waals surface area contributed by atoms with Crippen LogP contribution in [-0.2, 0) is 37.1 Å². The van der Waals surface area contributed by atoms with E-state index in [2.05, 4.69) is 0 Å². The molecule has 3 amide bonds. The van der Waals surface area contributed by atoms with Crippen molar-refractivity contribution in [1.29, 1.82) is 0 Å². The molecule has 6 atom stereocenters. The molecule has 0 unspecified atom stereocenters. The van der Waals surface area contributed by atoms with E-state index >= 15 is 0 Å². The standard InChI is InChI=1S/C33H37N5O11S/c1-18-27-26(19(2)39)31(41)36(27)28(32(42)48-16-20-5-9-22(10-6-20)37(44)45)29(18)50-24-13-14-25(30(40)34(3)4)35(15-24)33(43)49-17-21-7-11-23(12-8-21)38(46)47/h5-12,18-19,24-27,39H,13-17H2,1-4H3/t18-,19-,24+,25+,26-,27-/m1/s1. The topological polar surface area (TPSA) is 203 Å². The molecular formula is C33H37N5O11S. The average Bonchev–Trinajstić information content (AvgIpc) is 3.32. The SMILES string of the molecule is C[C@@H](O)[C@H]1C(=O)N2C(C(=O)OCc3ccc([N+](=O)[O-])cc3)=C(S[C@H]3CC[C@@H](C(=O)N(C)C)N(C(=O)OCc4ccc([N+](=O)[O-])cc4)C3)[C@H](C)[C@H]12. The van der Waals surface area contributed by atoms with Gasteiger partial charge in [0.1, 0.15) is 25.0 Å². The second-order valence-corrected chi connectivity index (χ2v) is 14.0. The number of carbonyl (C=O) groups is 4. The minimum atomic E-state index is -0.957. The number of hydrogen-bond acceptors (Lipinski definition) is 12. The molecule has 0 saturated carbocycles. The van der Waals surface area contributed by atoms with Crippen molar-refractivity contribution in [2.24, 2.45) is 11.8 Å². The Morgan fingerprint density at radius 1 is 0.960 bits per heavy atom. The maximum Gasteiger partial charge on any atom is 0.410 e. The van der Waals surface area contributed by atoms with Gasteiger partial charge in [0.25, 0.3) is 11.4 Å². The van der Waals surface area contributed by atoms with Crippen molar-refractivity contribution < 1.29 is 43.6 Å². The van der Waals surface area contributed by atoms with E-state index in [-0.39, 0.29) is 53.9 Å². The first-order valence-corrected chi connectivity index (χ1v) is 16.8. The van der Waals surface area contributed by atoms with Gasteiger partial charge in [0.05, 0.1) is 27.9 Å². The summed E-state index contributed by atoms with van der Waals surface area (Å²) >= 11 is 1.31. The quantitative estimate of drug-likeness (QED) is 0.154. The molecule has 0 bridgehead atoms. The molecule has 50 heavy (non-hydrogen) atoms. The number of likely N-dealkylation sites (N-methyl/N-ethyl adjacent to an activating group) is 1. The number of fused-ring (bicyclic) bond motifs is 1. The van der Waals surface area contributed by atoms with Gasteiger partial charge in [0.2, 0.25) is 11.8 Å². The highest BCUT2D eigenvalue weighted by atomic mass is 32.2. The molecule has 1 N–H and O–H groups in total. The second kappa shape index (κ2) is 14.8. The Morgan fingerprint density at radius 3 is 2.00 bits per heavy atom. The molecular weight excluding hydrogens is 674 g/mol. The number of nitro groups is 2. The first kappa shape index (κ1) is 36.3.